The molecule has 0 aromatic heterocycles. The molecule has 6 nitrogen and oxygen atoms in total. The molecule has 4 aliphatic heterocycles. The lowest BCUT2D eigenvalue weighted by atomic mass is 9.57. The molecule has 5 rings (SSSR count). The van der Waals surface area contributed by atoms with Gasteiger partial charge in [0, 0.05) is 12.3 Å². The van der Waals surface area contributed by atoms with Crippen molar-refractivity contribution >= 4 is 5.91 Å². The predicted octanol–water partition coefficient (Wildman–Crippen LogP) is 2.11. The molecule has 0 radical (unpaired) electrons. The summed E-state index contributed by atoms with van der Waals surface area (Å²) >= 11 is 0. The number of primary amides is 1. The van der Waals surface area contributed by atoms with Crippen molar-refractivity contribution in [3.05, 3.63) is 0 Å². The summed E-state index contributed by atoms with van der Waals surface area (Å²) in [5.41, 5.74) is 4.86. The van der Waals surface area contributed by atoms with E-state index in [1.165, 1.54) is 0 Å². The van der Waals surface area contributed by atoms with Gasteiger partial charge in [0.25, 0.3) is 0 Å². The fraction of sp³-hybridized carbons (Fsp3) is 0.941. The highest BCUT2D eigenvalue weighted by atomic mass is 17.3. The van der Waals surface area contributed by atoms with Gasteiger partial charge in [-0.25, -0.2) is 9.78 Å². The van der Waals surface area contributed by atoms with Crippen molar-refractivity contribution in [2.75, 3.05) is 0 Å². The molecule has 2 N–H and O–H groups in total. The van der Waals surface area contributed by atoms with Gasteiger partial charge in [-0.1, -0.05) is 13.8 Å². The van der Waals surface area contributed by atoms with Crippen LogP contribution in [0, 0.1) is 23.7 Å². The fourth-order valence-corrected chi connectivity index (χ4v) is 5.41. The largest absolute Gasteiger partial charge is 0.370 e. The first-order chi connectivity index (χ1) is 10.9. The Bertz CT molecular complexity index is 513. The van der Waals surface area contributed by atoms with E-state index >= 15 is 0 Å². The summed E-state index contributed by atoms with van der Waals surface area (Å²) in [5.74, 6) is 0.242. The van der Waals surface area contributed by atoms with Gasteiger partial charge in [0.2, 0.25) is 11.7 Å². The van der Waals surface area contributed by atoms with Crippen LogP contribution in [-0.2, 0) is 24.0 Å². The summed E-state index contributed by atoms with van der Waals surface area (Å²) < 4.78 is 12.5. The van der Waals surface area contributed by atoms with Crippen LogP contribution in [0.25, 0.3) is 0 Å². The van der Waals surface area contributed by atoms with Gasteiger partial charge in [0.15, 0.2) is 11.9 Å². The third-order valence-electron chi connectivity index (χ3n) is 6.70. The zero-order valence-corrected chi connectivity index (χ0v) is 14.1. The molecular formula is C17H27NO5. The summed E-state index contributed by atoms with van der Waals surface area (Å²) in [6.45, 7) is 6.33. The third kappa shape index (κ3) is 2.18. The molecule has 1 spiro atoms. The Morgan fingerprint density at radius 1 is 1.17 bits per heavy atom. The second kappa shape index (κ2) is 5.15. The van der Waals surface area contributed by atoms with Crippen molar-refractivity contribution < 1.29 is 24.0 Å². The molecule has 1 aliphatic carbocycles. The molecule has 2 bridgehead atoms. The minimum Gasteiger partial charge on any atom is -0.370 e. The van der Waals surface area contributed by atoms with Gasteiger partial charge in [-0.2, -0.15) is 0 Å². The number of rotatable bonds is 2. The Morgan fingerprint density at radius 3 is 2.70 bits per heavy atom. The van der Waals surface area contributed by atoms with Crippen LogP contribution >= 0.6 is 0 Å². The Morgan fingerprint density at radius 2 is 1.96 bits per heavy atom. The smallest absolute Gasteiger partial charge is 0.220 e. The topological polar surface area (TPSA) is 80.0 Å². The van der Waals surface area contributed by atoms with Crippen LogP contribution in [0.15, 0.2) is 0 Å². The summed E-state index contributed by atoms with van der Waals surface area (Å²) in [5, 5.41) is 0. The molecule has 4 heterocycles. The molecule has 8 unspecified atom stereocenters. The highest BCUT2D eigenvalue weighted by Gasteiger charge is 2.69. The molecule has 4 saturated heterocycles. The van der Waals surface area contributed by atoms with E-state index in [1.54, 1.807) is 0 Å². The lowest BCUT2D eigenvalue weighted by Gasteiger charge is -2.60. The first kappa shape index (κ1) is 15.8. The first-order valence-electron chi connectivity index (χ1n) is 8.84. The Balaban J connectivity index is 1.74. The van der Waals surface area contributed by atoms with Crippen LogP contribution in [0.4, 0.5) is 0 Å². The van der Waals surface area contributed by atoms with Crippen LogP contribution < -0.4 is 5.73 Å². The van der Waals surface area contributed by atoms with Gasteiger partial charge < -0.3 is 15.2 Å². The maximum absolute atomic E-state index is 11.4. The van der Waals surface area contributed by atoms with Gasteiger partial charge in [-0.15, -0.1) is 0 Å². The molecule has 0 aromatic rings. The van der Waals surface area contributed by atoms with Crippen LogP contribution in [0.1, 0.15) is 52.9 Å². The first-order valence-corrected chi connectivity index (χ1v) is 8.84. The predicted molar refractivity (Wildman–Crippen MR) is 80.6 cm³/mol. The van der Waals surface area contributed by atoms with E-state index in [4.69, 9.17) is 25.0 Å². The molecule has 0 aromatic carbocycles. The summed E-state index contributed by atoms with van der Waals surface area (Å²) in [7, 11) is 0. The van der Waals surface area contributed by atoms with Crippen molar-refractivity contribution in [3.8, 4) is 0 Å². The standard InChI is InChI=1S/C17H27NO5/c1-9-4-5-12-10(2)13(8-14(18)19)20-15-17(12)11(9)6-7-16(3,21-15)22-23-17/h9-13,15H,4-8H2,1-3H3,(H2,18,19). The monoisotopic (exact) mass is 325 g/mol. The van der Waals surface area contributed by atoms with E-state index in [0.29, 0.717) is 11.8 Å². The second-order valence-electron chi connectivity index (χ2n) is 8.11. The van der Waals surface area contributed by atoms with Crippen molar-refractivity contribution in [1.82, 2.24) is 0 Å². The van der Waals surface area contributed by atoms with Crippen molar-refractivity contribution in [1.29, 1.82) is 0 Å². The minimum absolute atomic E-state index is 0.184. The van der Waals surface area contributed by atoms with E-state index in [-0.39, 0.29) is 30.3 Å². The zero-order valence-electron chi connectivity index (χ0n) is 14.1. The number of amides is 1. The van der Waals surface area contributed by atoms with E-state index in [9.17, 15) is 4.79 Å². The van der Waals surface area contributed by atoms with Crippen LogP contribution in [0.2, 0.25) is 0 Å². The van der Waals surface area contributed by atoms with E-state index in [0.717, 1.165) is 25.7 Å². The van der Waals surface area contributed by atoms with Gasteiger partial charge >= 0.3 is 0 Å². The Kier molecular flexibility index (Phi) is 3.54. The maximum atomic E-state index is 11.4. The van der Waals surface area contributed by atoms with E-state index in [1.807, 2.05) is 6.92 Å². The number of fused-ring (bicyclic) bond motifs is 2. The fourth-order valence-electron chi connectivity index (χ4n) is 5.41. The number of hydrogen-bond donors (Lipinski definition) is 1. The molecule has 5 aliphatic rings. The quantitative estimate of drug-likeness (QED) is 0.787. The number of hydrogen-bond acceptors (Lipinski definition) is 5. The average molecular weight is 325 g/mol. The van der Waals surface area contributed by atoms with Gasteiger partial charge in [0.05, 0.1) is 12.5 Å². The Labute approximate surface area is 136 Å². The SMILES string of the molecule is CC1CCC2C(C)C(CC(N)=O)OC3OC4(C)CCC1C32OO4. The maximum Gasteiger partial charge on any atom is 0.220 e. The highest BCUT2D eigenvalue weighted by Crippen LogP contribution is 2.60. The number of nitrogens with two attached hydrogens (primary N) is 1. The highest BCUT2D eigenvalue weighted by molar-refractivity contribution is 5.74. The molecule has 6 heteroatoms. The molecule has 130 valence electrons. The lowest BCUT2D eigenvalue weighted by Crippen LogP contribution is -2.70. The second-order valence-corrected chi connectivity index (χ2v) is 8.11. The number of ether oxygens (including phenoxy) is 2. The minimum atomic E-state index is -0.768. The molecule has 23 heavy (non-hydrogen) atoms. The molecule has 1 amide bonds. The van der Waals surface area contributed by atoms with Crippen LogP contribution in [0.3, 0.4) is 0 Å². The van der Waals surface area contributed by atoms with Gasteiger partial charge in [0.1, 0.15) is 0 Å². The van der Waals surface area contributed by atoms with Crippen LogP contribution in [0.5, 0.6) is 0 Å². The van der Waals surface area contributed by atoms with Crippen molar-refractivity contribution in [3.63, 3.8) is 0 Å². The summed E-state index contributed by atoms with van der Waals surface area (Å²) in [6, 6.07) is 0. The van der Waals surface area contributed by atoms with E-state index in [2.05, 4.69) is 13.8 Å². The van der Waals surface area contributed by atoms with Gasteiger partial charge in [-0.05, 0) is 43.9 Å². The van der Waals surface area contributed by atoms with Crippen molar-refractivity contribution in [2.45, 2.75) is 76.7 Å². The summed E-state index contributed by atoms with van der Waals surface area (Å²) in [4.78, 5) is 23.2. The number of carbonyl (C=O) groups excluding carboxylic acids is 1. The summed E-state index contributed by atoms with van der Waals surface area (Å²) in [6.07, 6.45) is 3.54. The molecule has 5 fully saturated rings. The number of carbonyl (C=O) groups is 1. The Hall–Kier alpha value is -0.690. The molecule has 8 atom stereocenters. The van der Waals surface area contributed by atoms with E-state index < -0.39 is 17.7 Å². The zero-order chi connectivity index (χ0) is 16.4. The lowest BCUT2D eigenvalue weighted by molar-refractivity contribution is -0.570. The molecular weight excluding hydrogens is 298 g/mol. The van der Waals surface area contributed by atoms with Crippen molar-refractivity contribution in [2.24, 2.45) is 29.4 Å². The van der Waals surface area contributed by atoms with Gasteiger partial charge in [-0.3, -0.25) is 4.79 Å². The van der Waals surface area contributed by atoms with Crippen LogP contribution in [-0.4, -0.2) is 29.7 Å². The normalized spacial score (nSPS) is 55.1. The average Bonchev–Trinajstić information content (AvgIpc) is 2.70. The molecule has 1 saturated carbocycles. The third-order valence-corrected chi connectivity index (χ3v) is 6.70.